The Morgan fingerprint density at radius 2 is 2.18 bits per heavy atom. The number of aliphatic carboxylic acids is 1. The number of aromatic nitrogens is 1. The summed E-state index contributed by atoms with van der Waals surface area (Å²) in [4.78, 5) is 30.9. The first-order valence-electron chi connectivity index (χ1n) is 11.9. The number of dihydropyridines is 1. The maximum atomic E-state index is 13.2. The molecule has 3 N–H and O–H groups in total. The van der Waals surface area contributed by atoms with E-state index in [-0.39, 0.29) is 24.4 Å². The smallest absolute Gasteiger partial charge is 0.305 e. The van der Waals surface area contributed by atoms with Crippen molar-refractivity contribution >= 4 is 23.0 Å². The summed E-state index contributed by atoms with van der Waals surface area (Å²) < 4.78 is 5.84. The Hall–Kier alpha value is -3.13. The molecule has 2 unspecified atom stereocenters. The number of hydrogen-bond donors (Lipinski definition) is 3. The Balaban J connectivity index is 1.21. The van der Waals surface area contributed by atoms with Gasteiger partial charge in [-0.2, -0.15) is 0 Å². The van der Waals surface area contributed by atoms with E-state index in [1.54, 1.807) is 11.0 Å². The third-order valence-electron chi connectivity index (χ3n) is 6.88. The van der Waals surface area contributed by atoms with Gasteiger partial charge in [-0.15, -0.1) is 0 Å². The summed E-state index contributed by atoms with van der Waals surface area (Å²) in [6, 6.07) is 6.64. The zero-order chi connectivity index (χ0) is 22.8. The molecule has 3 aliphatic heterocycles. The molecule has 1 amide bonds. The molecule has 0 saturated carbocycles. The number of allylic oxidation sites excluding steroid dienone is 3. The molecule has 4 heterocycles. The number of amides is 1. The number of likely N-dealkylation sites (tertiary alicyclic amines) is 1. The van der Waals surface area contributed by atoms with Gasteiger partial charge in [0, 0.05) is 18.2 Å². The van der Waals surface area contributed by atoms with Gasteiger partial charge in [-0.3, -0.25) is 14.9 Å². The van der Waals surface area contributed by atoms with Crippen molar-refractivity contribution in [2.75, 3.05) is 13.1 Å². The number of benzene rings is 1. The average molecular weight is 451 g/mol. The van der Waals surface area contributed by atoms with Crippen molar-refractivity contribution in [2.24, 2.45) is 5.92 Å². The van der Waals surface area contributed by atoms with Crippen LogP contribution in [0.5, 0.6) is 0 Å². The van der Waals surface area contributed by atoms with Crippen LogP contribution < -0.4 is 10.6 Å². The number of oxazole rings is 1. The zero-order valence-corrected chi connectivity index (χ0v) is 18.6. The maximum absolute atomic E-state index is 13.2. The van der Waals surface area contributed by atoms with Gasteiger partial charge in [0.25, 0.3) is 0 Å². The highest BCUT2D eigenvalue weighted by atomic mass is 16.4. The topological polar surface area (TPSA) is 108 Å². The normalized spacial score (nSPS) is 23.6. The van der Waals surface area contributed by atoms with Gasteiger partial charge in [-0.1, -0.05) is 18.2 Å². The van der Waals surface area contributed by atoms with Crippen molar-refractivity contribution in [1.29, 1.82) is 0 Å². The van der Waals surface area contributed by atoms with E-state index >= 15 is 0 Å². The molecule has 0 spiro atoms. The molecule has 5 rings (SSSR count). The van der Waals surface area contributed by atoms with Crippen LogP contribution in [0.15, 0.2) is 52.1 Å². The van der Waals surface area contributed by atoms with Crippen molar-refractivity contribution in [3.8, 4) is 0 Å². The summed E-state index contributed by atoms with van der Waals surface area (Å²) in [6.45, 7) is 1.56. The SMILES string of the molecule is O=C(O)C[C@@H](c1nc2ccccc2o1)N1CCC(CCCC2=CC=C3CCCNC3N2)C1=O. The van der Waals surface area contributed by atoms with Gasteiger partial charge in [-0.25, -0.2) is 4.98 Å². The van der Waals surface area contributed by atoms with E-state index < -0.39 is 12.0 Å². The van der Waals surface area contributed by atoms with Crippen LogP contribution in [0.2, 0.25) is 0 Å². The number of carbonyl (C=O) groups excluding carboxylic acids is 1. The number of carboxylic acid groups (broad SMARTS) is 1. The molecule has 2 fully saturated rings. The molecule has 2 aromatic rings. The number of carbonyl (C=O) groups is 2. The molecule has 1 aromatic heterocycles. The quantitative estimate of drug-likeness (QED) is 0.565. The van der Waals surface area contributed by atoms with Gasteiger partial charge in [0.05, 0.1) is 12.6 Å². The van der Waals surface area contributed by atoms with Crippen LogP contribution >= 0.6 is 0 Å². The first-order valence-corrected chi connectivity index (χ1v) is 11.9. The molecule has 8 heteroatoms. The second-order valence-corrected chi connectivity index (χ2v) is 9.11. The van der Waals surface area contributed by atoms with E-state index in [0.29, 0.717) is 23.5 Å². The summed E-state index contributed by atoms with van der Waals surface area (Å²) in [7, 11) is 0. The minimum absolute atomic E-state index is 0.00483. The number of nitrogens with one attached hydrogen (secondary N) is 2. The molecule has 33 heavy (non-hydrogen) atoms. The second kappa shape index (κ2) is 9.39. The lowest BCUT2D eigenvalue weighted by molar-refractivity contribution is -0.141. The van der Waals surface area contributed by atoms with Gasteiger partial charge < -0.3 is 19.7 Å². The number of nitrogens with zero attached hydrogens (tertiary/aromatic N) is 2. The standard InChI is InChI=1S/C25H30N4O4/c30-22(31)15-20(24-28-19-8-1-2-9-21(19)33-24)29-14-12-17(25(29)32)5-3-7-18-11-10-16-6-4-13-26-23(16)27-18/h1-2,8-11,17,20,23,26-27H,3-7,12-15H2,(H,30,31)/t17?,20-,23?/m0/s1. The molecular formula is C25H30N4O4. The molecule has 174 valence electrons. The molecule has 3 aliphatic rings. The van der Waals surface area contributed by atoms with Crippen molar-refractivity contribution in [3.63, 3.8) is 0 Å². The predicted octanol–water partition coefficient (Wildman–Crippen LogP) is 3.49. The largest absolute Gasteiger partial charge is 0.481 e. The molecule has 8 nitrogen and oxygen atoms in total. The molecule has 0 bridgehead atoms. The van der Waals surface area contributed by atoms with Crippen molar-refractivity contribution in [1.82, 2.24) is 20.5 Å². The number of carboxylic acids is 1. The first-order chi connectivity index (χ1) is 16.1. The van der Waals surface area contributed by atoms with E-state index in [9.17, 15) is 14.7 Å². The van der Waals surface area contributed by atoms with E-state index in [2.05, 4.69) is 27.8 Å². The second-order valence-electron chi connectivity index (χ2n) is 9.11. The Morgan fingerprint density at radius 1 is 1.30 bits per heavy atom. The summed E-state index contributed by atoms with van der Waals surface area (Å²) in [6.07, 6.45) is 10.1. The molecular weight excluding hydrogens is 420 g/mol. The van der Waals surface area contributed by atoms with Crippen molar-refractivity contribution in [3.05, 3.63) is 53.6 Å². The summed E-state index contributed by atoms with van der Waals surface area (Å²) >= 11 is 0. The van der Waals surface area contributed by atoms with Gasteiger partial charge in [0.1, 0.15) is 11.6 Å². The average Bonchev–Trinajstić information content (AvgIpc) is 3.41. The fraction of sp³-hybridized carbons (Fsp3) is 0.480. The van der Waals surface area contributed by atoms with Crippen LogP contribution in [-0.4, -0.2) is 46.1 Å². The Kier molecular flexibility index (Phi) is 6.17. The number of fused-ring (bicyclic) bond motifs is 2. The lowest BCUT2D eigenvalue weighted by Crippen LogP contribution is -2.47. The summed E-state index contributed by atoms with van der Waals surface area (Å²) in [5.41, 5.74) is 3.89. The third-order valence-corrected chi connectivity index (χ3v) is 6.88. The van der Waals surface area contributed by atoms with E-state index in [1.165, 1.54) is 17.7 Å². The van der Waals surface area contributed by atoms with E-state index in [0.717, 1.165) is 38.6 Å². The van der Waals surface area contributed by atoms with E-state index in [4.69, 9.17) is 4.42 Å². The minimum atomic E-state index is -0.974. The van der Waals surface area contributed by atoms with Crippen LogP contribution in [0.4, 0.5) is 0 Å². The van der Waals surface area contributed by atoms with Crippen LogP contribution in [0, 0.1) is 5.92 Å². The number of para-hydroxylation sites is 2. The third kappa shape index (κ3) is 4.66. The molecule has 2 saturated heterocycles. The van der Waals surface area contributed by atoms with Gasteiger partial charge >= 0.3 is 5.97 Å². The highest BCUT2D eigenvalue weighted by Gasteiger charge is 2.39. The fourth-order valence-electron chi connectivity index (χ4n) is 5.14. The van der Waals surface area contributed by atoms with Crippen LogP contribution in [0.1, 0.15) is 56.9 Å². The maximum Gasteiger partial charge on any atom is 0.305 e. The van der Waals surface area contributed by atoms with Crippen LogP contribution in [-0.2, 0) is 9.59 Å². The Bertz CT molecular complexity index is 1070. The first kappa shape index (κ1) is 21.7. The van der Waals surface area contributed by atoms with Gasteiger partial charge in [0.15, 0.2) is 5.58 Å². The summed E-state index contributed by atoms with van der Waals surface area (Å²) in [5, 5.41) is 16.6. The summed E-state index contributed by atoms with van der Waals surface area (Å²) in [5.74, 6) is -0.761. The van der Waals surface area contributed by atoms with Crippen LogP contribution in [0.25, 0.3) is 11.1 Å². The highest BCUT2D eigenvalue weighted by Crippen LogP contribution is 2.34. The fourth-order valence-corrected chi connectivity index (χ4v) is 5.14. The Labute approximate surface area is 192 Å². The van der Waals surface area contributed by atoms with Crippen molar-refractivity contribution < 1.29 is 19.1 Å². The monoisotopic (exact) mass is 450 g/mol. The number of piperidine rings is 1. The molecule has 0 aliphatic carbocycles. The zero-order valence-electron chi connectivity index (χ0n) is 18.6. The molecule has 1 aromatic carbocycles. The van der Waals surface area contributed by atoms with Crippen LogP contribution in [0.3, 0.4) is 0 Å². The molecule has 0 radical (unpaired) electrons. The van der Waals surface area contributed by atoms with Gasteiger partial charge in [-0.05, 0) is 68.9 Å². The lowest BCUT2D eigenvalue weighted by Gasteiger charge is -2.32. The lowest BCUT2D eigenvalue weighted by atomic mass is 9.96. The van der Waals surface area contributed by atoms with Crippen molar-refractivity contribution in [2.45, 2.75) is 57.2 Å². The number of rotatable bonds is 8. The van der Waals surface area contributed by atoms with Gasteiger partial charge in [0.2, 0.25) is 11.8 Å². The predicted molar refractivity (Wildman–Crippen MR) is 123 cm³/mol. The van der Waals surface area contributed by atoms with E-state index in [1.807, 2.05) is 18.2 Å². The molecule has 3 atom stereocenters. The Morgan fingerprint density at radius 3 is 3.03 bits per heavy atom. The minimum Gasteiger partial charge on any atom is -0.481 e. The number of hydrogen-bond acceptors (Lipinski definition) is 6. The highest BCUT2D eigenvalue weighted by molar-refractivity contribution is 5.82.